The largest absolute Gasteiger partial charge is 0.464 e. The molecule has 0 radical (unpaired) electrons. The Kier molecular flexibility index (Phi) is 5.30. The van der Waals surface area contributed by atoms with Crippen LogP contribution >= 0.6 is 0 Å². The first-order valence-electron chi connectivity index (χ1n) is 6.17. The fourth-order valence-electron chi connectivity index (χ4n) is 1.70. The van der Waals surface area contributed by atoms with Crippen LogP contribution < -0.4 is 5.32 Å². The van der Waals surface area contributed by atoms with E-state index in [1.54, 1.807) is 32.9 Å². The molecule has 0 aliphatic rings. The van der Waals surface area contributed by atoms with Gasteiger partial charge in [0, 0.05) is 12.8 Å². The summed E-state index contributed by atoms with van der Waals surface area (Å²) < 4.78 is 23.5. The van der Waals surface area contributed by atoms with Crippen molar-refractivity contribution in [1.29, 1.82) is 0 Å². The van der Waals surface area contributed by atoms with Crippen molar-refractivity contribution in [2.75, 3.05) is 19.0 Å². The molecule has 2 atom stereocenters. The SMILES string of the molecule is CCOC(=O)C(C)(Nc1cccc(F)c1)C(C)OC. The summed E-state index contributed by atoms with van der Waals surface area (Å²) in [5, 5.41) is 2.99. The molecule has 0 saturated carbocycles. The normalized spacial score (nSPS) is 15.4. The molecule has 19 heavy (non-hydrogen) atoms. The zero-order valence-corrected chi connectivity index (χ0v) is 11.7. The second-order valence-electron chi connectivity index (χ2n) is 4.44. The summed E-state index contributed by atoms with van der Waals surface area (Å²) in [7, 11) is 1.51. The topological polar surface area (TPSA) is 47.6 Å². The maximum absolute atomic E-state index is 13.2. The van der Waals surface area contributed by atoms with Gasteiger partial charge in [0.2, 0.25) is 0 Å². The second-order valence-corrected chi connectivity index (χ2v) is 4.44. The molecule has 0 aromatic heterocycles. The summed E-state index contributed by atoms with van der Waals surface area (Å²) in [5.74, 6) is -0.810. The highest BCUT2D eigenvalue weighted by Gasteiger charge is 2.41. The smallest absolute Gasteiger partial charge is 0.334 e. The van der Waals surface area contributed by atoms with Gasteiger partial charge in [0.1, 0.15) is 5.82 Å². The molecule has 0 aliphatic carbocycles. The number of esters is 1. The van der Waals surface area contributed by atoms with E-state index in [1.165, 1.54) is 19.2 Å². The van der Waals surface area contributed by atoms with Crippen molar-refractivity contribution in [3.8, 4) is 0 Å². The molecule has 0 aliphatic heterocycles. The molecule has 1 aromatic rings. The van der Waals surface area contributed by atoms with Crippen molar-refractivity contribution in [3.05, 3.63) is 30.1 Å². The van der Waals surface area contributed by atoms with Gasteiger partial charge in [-0.25, -0.2) is 9.18 Å². The standard InChI is InChI=1S/C14H20FNO3/c1-5-19-13(17)14(3,10(2)18-4)16-12-8-6-7-11(15)9-12/h6-10,16H,5H2,1-4H3. The van der Waals surface area contributed by atoms with Gasteiger partial charge in [0.05, 0.1) is 12.7 Å². The summed E-state index contributed by atoms with van der Waals surface area (Å²) in [4.78, 5) is 12.1. The molecule has 0 heterocycles. The molecular formula is C14H20FNO3. The van der Waals surface area contributed by atoms with E-state index >= 15 is 0 Å². The van der Waals surface area contributed by atoms with Crippen LogP contribution in [0.15, 0.2) is 24.3 Å². The molecule has 106 valence electrons. The fourth-order valence-corrected chi connectivity index (χ4v) is 1.70. The van der Waals surface area contributed by atoms with Gasteiger partial charge in [0.25, 0.3) is 0 Å². The van der Waals surface area contributed by atoms with Crippen molar-refractivity contribution >= 4 is 11.7 Å². The molecule has 0 spiro atoms. The molecule has 1 N–H and O–H groups in total. The van der Waals surface area contributed by atoms with Crippen LogP contribution in [-0.2, 0) is 14.3 Å². The van der Waals surface area contributed by atoms with Gasteiger partial charge in [0.15, 0.2) is 5.54 Å². The van der Waals surface area contributed by atoms with Crippen molar-refractivity contribution in [2.24, 2.45) is 0 Å². The van der Waals surface area contributed by atoms with Crippen LogP contribution in [0.25, 0.3) is 0 Å². The number of halogens is 1. The van der Waals surface area contributed by atoms with Crippen LogP contribution in [-0.4, -0.2) is 31.3 Å². The third-order valence-electron chi connectivity index (χ3n) is 3.09. The number of methoxy groups -OCH3 is 1. The Balaban J connectivity index is 3.01. The van der Waals surface area contributed by atoms with E-state index in [0.717, 1.165) is 0 Å². The lowest BCUT2D eigenvalue weighted by Gasteiger charge is -2.34. The maximum Gasteiger partial charge on any atom is 0.334 e. The quantitative estimate of drug-likeness (QED) is 0.806. The van der Waals surface area contributed by atoms with Gasteiger partial charge in [-0.05, 0) is 39.0 Å². The second kappa shape index (κ2) is 6.52. The van der Waals surface area contributed by atoms with Gasteiger partial charge >= 0.3 is 5.97 Å². The molecule has 0 fully saturated rings. The van der Waals surface area contributed by atoms with Gasteiger partial charge in [-0.2, -0.15) is 0 Å². The number of rotatable bonds is 6. The summed E-state index contributed by atoms with van der Waals surface area (Å²) >= 11 is 0. The number of carbonyl (C=O) groups excluding carboxylic acids is 1. The first-order chi connectivity index (χ1) is 8.93. The summed E-state index contributed by atoms with van der Waals surface area (Å²) in [6.45, 7) is 5.43. The van der Waals surface area contributed by atoms with E-state index in [9.17, 15) is 9.18 Å². The van der Waals surface area contributed by atoms with Crippen LogP contribution in [0.4, 0.5) is 10.1 Å². The first-order valence-corrected chi connectivity index (χ1v) is 6.17. The molecule has 0 saturated heterocycles. The maximum atomic E-state index is 13.2. The predicted octanol–water partition coefficient (Wildman–Crippen LogP) is 2.59. The number of anilines is 1. The zero-order chi connectivity index (χ0) is 14.5. The highest BCUT2D eigenvalue weighted by molar-refractivity contribution is 5.85. The van der Waals surface area contributed by atoms with Crippen LogP contribution in [0.3, 0.4) is 0 Å². The minimum atomic E-state index is -1.08. The molecular weight excluding hydrogens is 249 g/mol. The molecule has 4 nitrogen and oxygen atoms in total. The van der Waals surface area contributed by atoms with Crippen LogP contribution in [0.2, 0.25) is 0 Å². The highest BCUT2D eigenvalue weighted by Crippen LogP contribution is 2.22. The highest BCUT2D eigenvalue weighted by atomic mass is 19.1. The number of ether oxygens (including phenoxy) is 2. The lowest BCUT2D eigenvalue weighted by atomic mass is 9.95. The van der Waals surface area contributed by atoms with Crippen LogP contribution in [0.5, 0.6) is 0 Å². The average Bonchev–Trinajstić information content (AvgIpc) is 2.37. The van der Waals surface area contributed by atoms with Crippen molar-refractivity contribution < 1.29 is 18.7 Å². The number of hydrogen-bond acceptors (Lipinski definition) is 4. The van der Waals surface area contributed by atoms with Crippen molar-refractivity contribution in [1.82, 2.24) is 0 Å². The number of nitrogens with one attached hydrogen (secondary N) is 1. The van der Waals surface area contributed by atoms with E-state index in [2.05, 4.69) is 5.32 Å². The van der Waals surface area contributed by atoms with Crippen LogP contribution in [0.1, 0.15) is 20.8 Å². The van der Waals surface area contributed by atoms with Gasteiger partial charge in [-0.3, -0.25) is 0 Å². The average molecular weight is 269 g/mol. The number of hydrogen-bond donors (Lipinski definition) is 1. The molecule has 1 aromatic carbocycles. The Labute approximate surface area is 112 Å². The summed E-state index contributed by atoms with van der Waals surface area (Å²) in [6, 6.07) is 5.91. The lowest BCUT2D eigenvalue weighted by molar-refractivity contribution is -0.152. The van der Waals surface area contributed by atoms with Crippen molar-refractivity contribution in [2.45, 2.75) is 32.4 Å². The number of benzene rings is 1. The van der Waals surface area contributed by atoms with Gasteiger partial charge < -0.3 is 14.8 Å². The lowest BCUT2D eigenvalue weighted by Crippen LogP contribution is -2.53. The van der Waals surface area contributed by atoms with E-state index in [4.69, 9.17) is 9.47 Å². The van der Waals surface area contributed by atoms with E-state index in [-0.39, 0.29) is 12.4 Å². The van der Waals surface area contributed by atoms with Crippen LogP contribution in [0, 0.1) is 5.82 Å². The summed E-state index contributed by atoms with van der Waals surface area (Å²) in [5.41, 5.74) is -0.585. The molecule has 2 unspecified atom stereocenters. The predicted molar refractivity (Wildman–Crippen MR) is 71.5 cm³/mol. The number of carbonyl (C=O) groups is 1. The van der Waals surface area contributed by atoms with Gasteiger partial charge in [-0.1, -0.05) is 6.07 Å². The Morgan fingerprint density at radius 1 is 1.53 bits per heavy atom. The van der Waals surface area contributed by atoms with E-state index in [0.29, 0.717) is 5.69 Å². The third kappa shape index (κ3) is 3.67. The zero-order valence-electron chi connectivity index (χ0n) is 11.7. The van der Waals surface area contributed by atoms with Gasteiger partial charge in [-0.15, -0.1) is 0 Å². The van der Waals surface area contributed by atoms with E-state index < -0.39 is 17.6 Å². The first kappa shape index (κ1) is 15.4. The minimum Gasteiger partial charge on any atom is -0.464 e. The molecule has 0 bridgehead atoms. The van der Waals surface area contributed by atoms with E-state index in [1.807, 2.05) is 0 Å². The molecule has 0 amide bonds. The summed E-state index contributed by atoms with van der Waals surface area (Å²) in [6.07, 6.45) is -0.435. The molecule has 5 heteroatoms. The monoisotopic (exact) mass is 269 g/mol. The fraction of sp³-hybridized carbons (Fsp3) is 0.500. The Bertz CT molecular complexity index is 438. The Morgan fingerprint density at radius 2 is 2.21 bits per heavy atom. The third-order valence-corrected chi connectivity index (χ3v) is 3.09. The Morgan fingerprint density at radius 3 is 2.74 bits per heavy atom. The van der Waals surface area contributed by atoms with Crippen molar-refractivity contribution in [3.63, 3.8) is 0 Å². The Hall–Kier alpha value is -1.62. The minimum absolute atomic E-state index is 0.274. The molecule has 1 rings (SSSR count).